The number of rotatable bonds is 10. The Labute approximate surface area is 145 Å². The van der Waals surface area contributed by atoms with Crippen molar-refractivity contribution in [3.05, 3.63) is 32.9 Å². The van der Waals surface area contributed by atoms with Crippen LogP contribution in [0.25, 0.3) is 0 Å². The van der Waals surface area contributed by atoms with E-state index in [-0.39, 0.29) is 0 Å². The standard InChI is InChI=1S/C19H32IN/c1-5-8-11-16(7-3)14-18(21-13-6-2)17-12-9-10-15(4)19(17)20/h9-10,12,16,18,21H,5-8,11,13-14H2,1-4H3. The van der Waals surface area contributed by atoms with Gasteiger partial charge in [0.25, 0.3) is 0 Å². The lowest BCUT2D eigenvalue weighted by molar-refractivity contribution is 0.353. The van der Waals surface area contributed by atoms with Crippen molar-refractivity contribution in [2.45, 2.75) is 72.3 Å². The van der Waals surface area contributed by atoms with E-state index >= 15 is 0 Å². The number of benzene rings is 1. The largest absolute Gasteiger partial charge is 0.310 e. The molecule has 0 aliphatic carbocycles. The molecule has 0 aliphatic heterocycles. The molecule has 1 aromatic rings. The van der Waals surface area contributed by atoms with E-state index in [1.54, 1.807) is 0 Å². The predicted molar refractivity (Wildman–Crippen MR) is 103 cm³/mol. The summed E-state index contributed by atoms with van der Waals surface area (Å²) in [5.41, 5.74) is 2.90. The highest BCUT2D eigenvalue weighted by Crippen LogP contribution is 2.30. The molecule has 2 unspecified atom stereocenters. The molecule has 0 radical (unpaired) electrons. The molecule has 1 N–H and O–H groups in total. The van der Waals surface area contributed by atoms with Gasteiger partial charge in [0.15, 0.2) is 0 Å². The molecule has 0 spiro atoms. The molecule has 0 heterocycles. The van der Waals surface area contributed by atoms with E-state index in [1.807, 2.05) is 0 Å². The molecule has 0 saturated carbocycles. The maximum atomic E-state index is 3.79. The monoisotopic (exact) mass is 401 g/mol. The molecule has 2 heteroatoms. The van der Waals surface area contributed by atoms with Crippen molar-refractivity contribution in [1.29, 1.82) is 0 Å². The molecular formula is C19H32IN. The first-order chi connectivity index (χ1) is 10.1. The minimum absolute atomic E-state index is 0.513. The topological polar surface area (TPSA) is 12.0 Å². The van der Waals surface area contributed by atoms with Crippen LogP contribution in [0.4, 0.5) is 0 Å². The van der Waals surface area contributed by atoms with Gasteiger partial charge in [0.2, 0.25) is 0 Å². The Balaban J connectivity index is 2.85. The molecule has 1 nitrogen and oxygen atoms in total. The molecule has 0 aromatic heterocycles. The molecule has 1 rings (SSSR count). The highest BCUT2D eigenvalue weighted by molar-refractivity contribution is 14.1. The molecule has 120 valence electrons. The summed E-state index contributed by atoms with van der Waals surface area (Å²) >= 11 is 2.52. The van der Waals surface area contributed by atoms with Crippen molar-refractivity contribution < 1.29 is 0 Å². The average Bonchev–Trinajstić information content (AvgIpc) is 2.50. The summed E-state index contributed by atoms with van der Waals surface area (Å²) in [7, 11) is 0. The zero-order valence-corrected chi connectivity index (χ0v) is 16.4. The van der Waals surface area contributed by atoms with Gasteiger partial charge >= 0.3 is 0 Å². The van der Waals surface area contributed by atoms with Crippen LogP contribution >= 0.6 is 22.6 Å². The van der Waals surface area contributed by atoms with E-state index in [9.17, 15) is 0 Å². The molecular weight excluding hydrogens is 369 g/mol. The number of unbranched alkanes of at least 4 members (excludes halogenated alkanes) is 1. The second-order valence-corrected chi connectivity index (χ2v) is 7.22. The average molecular weight is 401 g/mol. The van der Waals surface area contributed by atoms with Gasteiger partial charge < -0.3 is 5.32 Å². The van der Waals surface area contributed by atoms with Crippen LogP contribution in [0, 0.1) is 16.4 Å². The Kier molecular flexibility index (Phi) is 9.57. The maximum Gasteiger partial charge on any atom is 0.0333 e. The summed E-state index contributed by atoms with van der Waals surface area (Å²) in [5.74, 6) is 0.843. The summed E-state index contributed by atoms with van der Waals surface area (Å²) < 4.78 is 1.44. The summed E-state index contributed by atoms with van der Waals surface area (Å²) in [6, 6.07) is 7.25. The maximum absolute atomic E-state index is 3.79. The number of nitrogens with one attached hydrogen (secondary N) is 1. The van der Waals surface area contributed by atoms with Gasteiger partial charge in [-0.05, 0) is 65.9 Å². The summed E-state index contributed by atoms with van der Waals surface area (Å²) in [4.78, 5) is 0. The van der Waals surface area contributed by atoms with Crippen LogP contribution in [0.3, 0.4) is 0 Å². The van der Waals surface area contributed by atoms with E-state index in [0.717, 1.165) is 12.5 Å². The van der Waals surface area contributed by atoms with E-state index < -0.39 is 0 Å². The lowest BCUT2D eigenvalue weighted by atomic mass is 9.88. The fraction of sp³-hybridized carbons (Fsp3) is 0.684. The van der Waals surface area contributed by atoms with Crippen LogP contribution in [-0.4, -0.2) is 6.54 Å². The van der Waals surface area contributed by atoms with E-state index in [1.165, 1.54) is 53.2 Å². The van der Waals surface area contributed by atoms with Crippen LogP contribution in [0.5, 0.6) is 0 Å². The second-order valence-electron chi connectivity index (χ2n) is 6.14. The van der Waals surface area contributed by atoms with Gasteiger partial charge in [0, 0.05) is 9.61 Å². The number of hydrogen-bond acceptors (Lipinski definition) is 1. The highest BCUT2D eigenvalue weighted by Gasteiger charge is 2.19. The zero-order valence-electron chi connectivity index (χ0n) is 14.2. The normalized spacial score (nSPS) is 14.1. The first kappa shape index (κ1) is 19.0. The second kappa shape index (κ2) is 10.6. The van der Waals surface area contributed by atoms with Crippen LogP contribution in [-0.2, 0) is 0 Å². The molecule has 0 amide bonds. The van der Waals surface area contributed by atoms with Gasteiger partial charge in [0.1, 0.15) is 0 Å². The van der Waals surface area contributed by atoms with Gasteiger partial charge in [-0.3, -0.25) is 0 Å². The highest BCUT2D eigenvalue weighted by atomic mass is 127. The van der Waals surface area contributed by atoms with E-state index in [2.05, 4.69) is 73.8 Å². The molecule has 0 bridgehead atoms. The van der Waals surface area contributed by atoms with Crippen LogP contribution < -0.4 is 5.32 Å². The lowest BCUT2D eigenvalue weighted by Crippen LogP contribution is -2.25. The van der Waals surface area contributed by atoms with Crippen molar-refractivity contribution in [2.75, 3.05) is 6.54 Å². The number of hydrogen-bond donors (Lipinski definition) is 1. The summed E-state index contributed by atoms with van der Waals surface area (Å²) in [5, 5.41) is 3.79. The van der Waals surface area contributed by atoms with Crippen molar-refractivity contribution >= 4 is 22.6 Å². The number of halogens is 1. The Bertz CT molecular complexity index is 403. The molecule has 2 atom stereocenters. The predicted octanol–water partition coefficient (Wildman–Crippen LogP) is 6.25. The third-order valence-electron chi connectivity index (χ3n) is 4.35. The SMILES string of the molecule is CCCCC(CC)CC(NCCC)c1cccc(C)c1I. The quantitative estimate of drug-likeness (QED) is 0.457. The minimum atomic E-state index is 0.513. The Morgan fingerprint density at radius 3 is 2.52 bits per heavy atom. The van der Waals surface area contributed by atoms with Crippen molar-refractivity contribution in [3.63, 3.8) is 0 Å². The van der Waals surface area contributed by atoms with E-state index in [4.69, 9.17) is 0 Å². The van der Waals surface area contributed by atoms with Crippen molar-refractivity contribution in [1.82, 2.24) is 5.32 Å². The summed E-state index contributed by atoms with van der Waals surface area (Å²) in [6.45, 7) is 10.2. The fourth-order valence-electron chi connectivity index (χ4n) is 2.89. The molecule has 21 heavy (non-hydrogen) atoms. The molecule has 0 saturated heterocycles. The van der Waals surface area contributed by atoms with Gasteiger partial charge in [-0.2, -0.15) is 0 Å². The number of aryl methyl sites for hydroxylation is 1. The zero-order chi connectivity index (χ0) is 15.7. The van der Waals surface area contributed by atoms with Gasteiger partial charge in [-0.1, -0.05) is 64.7 Å². The molecule has 0 aliphatic rings. The molecule has 1 aromatic carbocycles. The third-order valence-corrected chi connectivity index (χ3v) is 5.82. The first-order valence-electron chi connectivity index (χ1n) is 8.62. The Morgan fingerprint density at radius 1 is 1.14 bits per heavy atom. The third kappa shape index (κ3) is 6.27. The van der Waals surface area contributed by atoms with Gasteiger partial charge in [0.05, 0.1) is 0 Å². The summed E-state index contributed by atoms with van der Waals surface area (Å²) in [6.07, 6.45) is 7.82. The molecule has 0 fully saturated rings. The van der Waals surface area contributed by atoms with Gasteiger partial charge in [-0.15, -0.1) is 0 Å². The first-order valence-corrected chi connectivity index (χ1v) is 9.70. The van der Waals surface area contributed by atoms with Gasteiger partial charge in [-0.25, -0.2) is 0 Å². The van der Waals surface area contributed by atoms with Crippen molar-refractivity contribution in [2.24, 2.45) is 5.92 Å². The Morgan fingerprint density at radius 2 is 1.90 bits per heavy atom. The fourth-order valence-corrected chi connectivity index (χ4v) is 3.63. The van der Waals surface area contributed by atoms with Crippen LogP contribution in [0.2, 0.25) is 0 Å². The van der Waals surface area contributed by atoms with Crippen molar-refractivity contribution in [3.8, 4) is 0 Å². The minimum Gasteiger partial charge on any atom is -0.310 e. The lowest BCUT2D eigenvalue weighted by Gasteiger charge is -2.26. The Hall–Kier alpha value is -0.0900. The van der Waals surface area contributed by atoms with E-state index in [0.29, 0.717) is 6.04 Å². The van der Waals surface area contributed by atoms with Crippen LogP contribution in [0.1, 0.15) is 76.5 Å². The van der Waals surface area contributed by atoms with Crippen LogP contribution in [0.15, 0.2) is 18.2 Å². The smallest absolute Gasteiger partial charge is 0.0333 e.